The quantitative estimate of drug-likeness (QED) is 0.769. The third-order valence-electron chi connectivity index (χ3n) is 4.37. The number of amides is 1. The van der Waals surface area contributed by atoms with E-state index >= 15 is 0 Å². The van der Waals surface area contributed by atoms with Gasteiger partial charge in [-0.3, -0.25) is 14.5 Å². The SMILES string of the molecule is CC1CCN(C2C(=O)CN(c3ccccc3)C2=O)CC1. The van der Waals surface area contributed by atoms with Gasteiger partial charge in [0.1, 0.15) is 0 Å². The van der Waals surface area contributed by atoms with Crippen molar-refractivity contribution in [2.45, 2.75) is 25.8 Å². The maximum absolute atomic E-state index is 12.6. The van der Waals surface area contributed by atoms with Crippen LogP contribution in [-0.4, -0.2) is 42.3 Å². The summed E-state index contributed by atoms with van der Waals surface area (Å²) in [6.07, 6.45) is 2.14. The fraction of sp³-hybridized carbons (Fsp3) is 0.500. The number of para-hydroxylation sites is 1. The molecule has 0 saturated carbocycles. The number of ketones is 1. The Morgan fingerprint density at radius 3 is 2.35 bits per heavy atom. The molecule has 4 heteroatoms. The fourth-order valence-corrected chi connectivity index (χ4v) is 3.08. The summed E-state index contributed by atoms with van der Waals surface area (Å²) < 4.78 is 0. The summed E-state index contributed by atoms with van der Waals surface area (Å²) in [5, 5.41) is 0. The zero-order chi connectivity index (χ0) is 14.1. The number of rotatable bonds is 2. The van der Waals surface area contributed by atoms with E-state index in [0.29, 0.717) is 5.92 Å². The molecule has 2 saturated heterocycles. The monoisotopic (exact) mass is 272 g/mol. The van der Waals surface area contributed by atoms with E-state index in [1.54, 1.807) is 4.90 Å². The average Bonchev–Trinajstić information content (AvgIpc) is 2.76. The lowest BCUT2D eigenvalue weighted by Crippen LogP contribution is -2.48. The van der Waals surface area contributed by atoms with Crippen LogP contribution in [0.5, 0.6) is 0 Å². The van der Waals surface area contributed by atoms with Crippen molar-refractivity contribution >= 4 is 17.4 Å². The topological polar surface area (TPSA) is 40.6 Å². The average molecular weight is 272 g/mol. The van der Waals surface area contributed by atoms with Crippen LogP contribution in [0, 0.1) is 5.92 Å². The summed E-state index contributed by atoms with van der Waals surface area (Å²) in [5.41, 5.74) is 0.818. The summed E-state index contributed by atoms with van der Waals surface area (Å²) in [4.78, 5) is 28.5. The first-order valence-corrected chi connectivity index (χ1v) is 7.30. The van der Waals surface area contributed by atoms with Crippen LogP contribution >= 0.6 is 0 Å². The summed E-state index contributed by atoms with van der Waals surface area (Å²) in [6, 6.07) is 8.90. The van der Waals surface area contributed by atoms with Crippen LogP contribution in [0.3, 0.4) is 0 Å². The molecule has 1 amide bonds. The van der Waals surface area contributed by atoms with Gasteiger partial charge in [0.15, 0.2) is 11.8 Å². The minimum Gasteiger partial charge on any atom is -0.303 e. The van der Waals surface area contributed by atoms with E-state index in [1.165, 1.54) is 0 Å². The molecule has 4 nitrogen and oxygen atoms in total. The maximum Gasteiger partial charge on any atom is 0.252 e. The summed E-state index contributed by atoms with van der Waals surface area (Å²) in [5.74, 6) is 0.673. The van der Waals surface area contributed by atoms with Crippen LogP contribution in [0.15, 0.2) is 30.3 Å². The van der Waals surface area contributed by atoms with Gasteiger partial charge in [-0.2, -0.15) is 0 Å². The standard InChI is InChI=1S/C16H20N2O2/c1-12-7-9-17(10-8-12)15-14(19)11-18(16(15)20)13-5-3-2-4-6-13/h2-6,12,15H,7-11H2,1H3. The predicted octanol–water partition coefficient (Wildman–Crippen LogP) is 1.70. The van der Waals surface area contributed by atoms with Gasteiger partial charge in [-0.1, -0.05) is 25.1 Å². The number of anilines is 1. The van der Waals surface area contributed by atoms with Crippen LogP contribution in [0.2, 0.25) is 0 Å². The van der Waals surface area contributed by atoms with Crippen LogP contribution in [0.1, 0.15) is 19.8 Å². The molecule has 2 aliphatic rings. The zero-order valence-corrected chi connectivity index (χ0v) is 11.8. The number of nitrogens with zero attached hydrogens (tertiary/aromatic N) is 2. The molecule has 0 spiro atoms. The Kier molecular flexibility index (Phi) is 3.57. The molecule has 1 unspecified atom stereocenters. The van der Waals surface area contributed by atoms with Crippen molar-refractivity contribution in [3.05, 3.63) is 30.3 Å². The van der Waals surface area contributed by atoms with Crippen molar-refractivity contribution < 1.29 is 9.59 Å². The van der Waals surface area contributed by atoms with Gasteiger partial charge in [-0.05, 0) is 44.0 Å². The number of benzene rings is 1. The van der Waals surface area contributed by atoms with E-state index in [0.717, 1.165) is 31.6 Å². The smallest absolute Gasteiger partial charge is 0.252 e. The number of hydrogen-bond acceptors (Lipinski definition) is 3. The molecule has 2 heterocycles. The van der Waals surface area contributed by atoms with E-state index in [1.807, 2.05) is 30.3 Å². The Labute approximate surface area is 119 Å². The van der Waals surface area contributed by atoms with Crippen molar-refractivity contribution in [3.63, 3.8) is 0 Å². The third-order valence-corrected chi connectivity index (χ3v) is 4.37. The second-order valence-corrected chi connectivity index (χ2v) is 5.85. The Balaban J connectivity index is 1.77. The highest BCUT2D eigenvalue weighted by molar-refractivity contribution is 6.20. The molecule has 2 fully saturated rings. The van der Waals surface area contributed by atoms with Gasteiger partial charge in [-0.25, -0.2) is 0 Å². The lowest BCUT2D eigenvalue weighted by atomic mass is 9.97. The predicted molar refractivity (Wildman–Crippen MR) is 77.6 cm³/mol. The molecular weight excluding hydrogens is 252 g/mol. The maximum atomic E-state index is 12.6. The van der Waals surface area contributed by atoms with Gasteiger partial charge in [0, 0.05) is 5.69 Å². The van der Waals surface area contributed by atoms with Crippen LogP contribution < -0.4 is 4.90 Å². The first kappa shape index (κ1) is 13.3. The minimum absolute atomic E-state index is 0.0356. The van der Waals surface area contributed by atoms with Crippen molar-refractivity contribution in [1.29, 1.82) is 0 Å². The van der Waals surface area contributed by atoms with E-state index in [4.69, 9.17) is 0 Å². The Morgan fingerprint density at radius 2 is 1.70 bits per heavy atom. The Bertz CT molecular complexity index is 506. The zero-order valence-electron chi connectivity index (χ0n) is 11.8. The largest absolute Gasteiger partial charge is 0.303 e. The number of hydrogen-bond donors (Lipinski definition) is 0. The highest BCUT2D eigenvalue weighted by atomic mass is 16.2. The normalized spacial score (nSPS) is 25.4. The molecule has 0 radical (unpaired) electrons. The molecule has 20 heavy (non-hydrogen) atoms. The fourth-order valence-electron chi connectivity index (χ4n) is 3.08. The van der Waals surface area contributed by atoms with E-state index < -0.39 is 6.04 Å². The summed E-state index contributed by atoms with van der Waals surface area (Å²) in [7, 11) is 0. The van der Waals surface area contributed by atoms with E-state index in [-0.39, 0.29) is 18.2 Å². The second kappa shape index (κ2) is 5.37. The van der Waals surface area contributed by atoms with E-state index in [9.17, 15) is 9.59 Å². The van der Waals surface area contributed by atoms with Crippen LogP contribution in [0.4, 0.5) is 5.69 Å². The summed E-state index contributed by atoms with van der Waals surface area (Å²) in [6.45, 7) is 4.14. The molecule has 0 aromatic heterocycles. The van der Waals surface area contributed by atoms with Gasteiger partial charge < -0.3 is 4.90 Å². The van der Waals surface area contributed by atoms with Gasteiger partial charge >= 0.3 is 0 Å². The lowest BCUT2D eigenvalue weighted by molar-refractivity contribution is -0.129. The second-order valence-electron chi connectivity index (χ2n) is 5.85. The highest BCUT2D eigenvalue weighted by Gasteiger charge is 2.43. The molecule has 2 aliphatic heterocycles. The van der Waals surface area contributed by atoms with Crippen LogP contribution in [0.25, 0.3) is 0 Å². The Morgan fingerprint density at radius 1 is 1.05 bits per heavy atom. The van der Waals surface area contributed by atoms with Crippen molar-refractivity contribution in [2.75, 3.05) is 24.5 Å². The third kappa shape index (κ3) is 2.36. The number of Topliss-reactive ketones (excluding diaryl/α,β-unsaturated/α-hetero) is 1. The van der Waals surface area contributed by atoms with Gasteiger partial charge in [-0.15, -0.1) is 0 Å². The lowest BCUT2D eigenvalue weighted by Gasteiger charge is -2.33. The molecule has 1 aromatic carbocycles. The van der Waals surface area contributed by atoms with Gasteiger partial charge in [0.25, 0.3) is 5.91 Å². The van der Waals surface area contributed by atoms with Crippen LogP contribution in [-0.2, 0) is 9.59 Å². The van der Waals surface area contributed by atoms with Crippen molar-refractivity contribution in [1.82, 2.24) is 4.90 Å². The minimum atomic E-state index is -0.553. The Hall–Kier alpha value is -1.68. The molecule has 1 aromatic rings. The molecule has 0 aliphatic carbocycles. The molecular formula is C16H20N2O2. The van der Waals surface area contributed by atoms with Crippen molar-refractivity contribution in [2.24, 2.45) is 5.92 Å². The number of likely N-dealkylation sites (tertiary alicyclic amines) is 1. The molecule has 0 bridgehead atoms. The van der Waals surface area contributed by atoms with Crippen molar-refractivity contribution in [3.8, 4) is 0 Å². The first-order valence-electron chi connectivity index (χ1n) is 7.30. The highest BCUT2D eigenvalue weighted by Crippen LogP contribution is 2.25. The van der Waals surface area contributed by atoms with Gasteiger partial charge in [0.05, 0.1) is 6.54 Å². The first-order chi connectivity index (χ1) is 9.66. The van der Waals surface area contributed by atoms with Gasteiger partial charge in [0.2, 0.25) is 0 Å². The number of carbonyl (C=O) groups is 2. The molecule has 1 atom stereocenters. The summed E-state index contributed by atoms with van der Waals surface area (Å²) >= 11 is 0. The number of piperidine rings is 1. The molecule has 3 rings (SSSR count). The number of carbonyl (C=O) groups excluding carboxylic acids is 2. The molecule has 106 valence electrons. The van der Waals surface area contributed by atoms with E-state index in [2.05, 4.69) is 11.8 Å². The molecule has 0 N–H and O–H groups in total.